The molecule has 0 fully saturated rings. The standard InChI is InChI=1S/C25H21N3O/c1-2-25(29,22-14-15-26-23-11-7-6-10-21(22)23)19-12-13-24-18(16-19)17-27-28(24)20-8-4-3-5-9-20/h3-17,29H,2H2,1H3/t25-/m0/s1. The van der Waals surface area contributed by atoms with Gasteiger partial charge in [0.1, 0.15) is 5.60 Å². The van der Waals surface area contributed by atoms with Gasteiger partial charge in [-0.3, -0.25) is 4.98 Å². The summed E-state index contributed by atoms with van der Waals surface area (Å²) in [5, 5.41) is 18.3. The van der Waals surface area contributed by atoms with Gasteiger partial charge < -0.3 is 5.11 Å². The van der Waals surface area contributed by atoms with E-state index in [1.165, 1.54) is 0 Å². The van der Waals surface area contributed by atoms with Gasteiger partial charge in [0.05, 0.1) is 22.9 Å². The smallest absolute Gasteiger partial charge is 0.115 e. The molecule has 0 aliphatic rings. The Balaban J connectivity index is 1.67. The highest BCUT2D eigenvalue weighted by molar-refractivity contribution is 5.85. The van der Waals surface area contributed by atoms with Crippen LogP contribution in [0.15, 0.2) is 91.3 Å². The first-order chi connectivity index (χ1) is 14.2. The lowest BCUT2D eigenvalue weighted by Crippen LogP contribution is -2.26. The molecule has 0 aliphatic carbocycles. The van der Waals surface area contributed by atoms with Crippen LogP contribution >= 0.6 is 0 Å². The van der Waals surface area contributed by atoms with Crippen LogP contribution in [-0.2, 0) is 5.60 Å². The van der Waals surface area contributed by atoms with Gasteiger partial charge in [-0.25, -0.2) is 4.68 Å². The summed E-state index contributed by atoms with van der Waals surface area (Å²) in [6, 6.07) is 26.0. The van der Waals surface area contributed by atoms with E-state index in [1.54, 1.807) is 6.20 Å². The second-order valence-electron chi connectivity index (χ2n) is 7.26. The van der Waals surface area contributed by atoms with Gasteiger partial charge in [-0.2, -0.15) is 5.10 Å². The Bertz CT molecular complexity index is 1300. The fourth-order valence-corrected chi connectivity index (χ4v) is 4.07. The molecule has 5 rings (SSSR count). The zero-order valence-corrected chi connectivity index (χ0v) is 16.2. The highest BCUT2D eigenvalue weighted by Gasteiger charge is 2.31. The maximum Gasteiger partial charge on any atom is 0.115 e. The van der Waals surface area contributed by atoms with Gasteiger partial charge in [0, 0.05) is 17.0 Å². The molecule has 0 aliphatic heterocycles. The van der Waals surface area contributed by atoms with Crippen molar-refractivity contribution in [1.29, 1.82) is 0 Å². The minimum absolute atomic E-state index is 0.555. The van der Waals surface area contributed by atoms with E-state index in [9.17, 15) is 5.11 Å². The third kappa shape index (κ3) is 2.80. The molecule has 2 aromatic heterocycles. The van der Waals surface area contributed by atoms with Crippen LogP contribution in [0.5, 0.6) is 0 Å². The van der Waals surface area contributed by atoms with Crippen molar-refractivity contribution < 1.29 is 5.11 Å². The Kier molecular flexibility index (Phi) is 4.14. The fourth-order valence-electron chi connectivity index (χ4n) is 4.07. The quantitative estimate of drug-likeness (QED) is 0.466. The number of rotatable bonds is 4. The summed E-state index contributed by atoms with van der Waals surface area (Å²) < 4.78 is 1.92. The van der Waals surface area contributed by atoms with Crippen LogP contribution in [0, 0.1) is 0 Å². The molecule has 4 nitrogen and oxygen atoms in total. The summed E-state index contributed by atoms with van der Waals surface area (Å²) in [4.78, 5) is 4.45. The molecule has 2 heterocycles. The normalized spacial score (nSPS) is 13.6. The molecule has 3 aromatic carbocycles. The van der Waals surface area contributed by atoms with Crippen LogP contribution in [0.25, 0.3) is 27.5 Å². The summed E-state index contributed by atoms with van der Waals surface area (Å²) in [6.07, 6.45) is 4.18. The van der Waals surface area contributed by atoms with Gasteiger partial charge >= 0.3 is 0 Å². The predicted octanol–water partition coefficient (Wildman–Crippen LogP) is 5.22. The monoisotopic (exact) mass is 379 g/mol. The number of aromatic nitrogens is 3. The average molecular weight is 379 g/mol. The van der Waals surface area contributed by atoms with Crippen LogP contribution in [0.4, 0.5) is 0 Å². The summed E-state index contributed by atoms with van der Waals surface area (Å²) >= 11 is 0. The SMILES string of the molecule is CC[C@](O)(c1ccc2c(cnn2-c2ccccc2)c1)c1ccnc2ccccc12. The topological polar surface area (TPSA) is 50.9 Å². The molecular formula is C25H21N3O. The maximum atomic E-state index is 11.8. The number of nitrogens with zero attached hydrogens (tertiary/aromatic N) is 3. The second kappa shape index (κ2) is 6.83. The number of pyridine rings is 1. The highest BCUT2D eigenvalue weighted by atomic mass is 16.3. The van der Waals surface area contributed by atoms with E-state index in [0.717, 1.165) is 38.6 Å². The number of hydrogen-bond acceptors (Lipinski definition) is 3. The second-order valence-corrected chi connectivity index (χ2v) is 7.26. The van der Waals surface area contributed by atoms with Crippen LogP contribution in [0.2, 0.25) is 0 Å². The van der Waals surface area contributed by atoms with Crippen molar-refractivity contribution in [1.82, 2.24) is 14.8 Å². The average Bonchev–Trinajstić information content (AvgIpc) is 3.22. The molecule has 0 spiro atoms. The third-order valence-corrected chi connectivity index (χ3v) is 5.65. The molecular weight excluding hydrogens is 358 g/mol. The highest BCUT2D eigenvalue weighted by Crippen LogP contribution is 2.37. The van der Waals surface area contributed by atoms with E-state index in [2.05, 4.69) is 10.1 Å². The van der Waals surface area contributed by atoms with Gasteiger partial charge in [0.25, 0.3) is 0 Å². The predicted molar refractivity (Wildman–Crippen MR) is 116 cm³/mol. The molecule has 142 valence electrons. The van der Waals surface area contributed by atoms with Crippen LogP contribution in [0.3, 0.4) is 0 Å². The van der Waals surface area contributed by atoms with E-state index in [0.29, 0.717) is 6.42 Å². The zero-order chi connectivity index (χ0) is 19.8. The molecule has 0 amide bonds. The molecule has 5 aromatic rings. The van der Waals surface area contributed by atoms with Crippen molar-refractivity contribution in [3.63, 3.8) is 0 Å². The van der Waals surface area contributed by atoms with Crippen molar-refractivity contribution >= 4 is 21.8 Å². The van der Waals surface area contributed by atoms with E-state index in [1.807, 2.05) is 96.7 Å². The van der Waals surface area contributed by atoms with E-state index < -0.39 is 5.60 Å². The lowest BCUT2D eigenvalue weighted by molar-refractivity contribution is 0.0782. The molecule has 29 heavy (non-hydrogen) atoms. The Labute approximate surface area is 169 Å². The molecule has 1 atom stereocenters. The number of aliphatic hydroxyl groups is 1. The van der Waals surface area contributed by atoms with E-state index >= 15 is 0 Å². The van der Waals surface area contributed by atoms with Gasteiger partial charge in [-0.05, 0) is 53.9 Å². The van der Waals surface area contributed by atoms with Crippen molar-refractivity contribution in [2.75, 3.05) is 0 Å². The Hall–Kier alpha value is -3.50. The summed E-state index contributed by atoms with van der Waals surface area (Å²) in [7, 11) is 0. The van der Waals surface area contributed by atoms with Crippen LogP contribution in [0.1, 0.15) is 24.5 Å². The van der Waals surface area contributed by atoms with Crippen molar-refractivity contribution in [2.45, 2.75) is 18.9 Å². The van der Waals surface area contributed by atoms with Crippen molar-refractivity contribution in [3.8, 4) is 5.69 Å². The lowest BCUT2D eigenvalue weighted by atomic mass is 9.82. The maximum absolute atomic E-state index is 11.8. The first-order valence-electron chi connectivity index (χ1n) is 9.81. The number of hydrogen-bond donors (Lipinski definition) is 1. The van der Waals surface area contributed by atoms with Gasteiger partial charge in [-0.1, -0.05) is 49.4 Å². The molecule has 1 N–H and O–H groups in total. The van der Waals surface area contributed by atoms with Crippen LogP contribution < -0.4 is 0 Å². The van der Waals surface area contributed by atoms with Gasteiger partial charge in [0.2, 0.25) is 0 Å². The summed E-state index contributed by atoms with van der Waals surface area (Å²) in [6.45, 7) is 2.01. The lowest BCUT2D eigenvalue weighted by Gasteiger charge is -2.29. The third-order valence-electron chi connectivity index (χ3n) is 5.65. The van der Waals surface area contributed by atoms with Crippen molar-refractivity contribution in [3.05, 3.63) is 102 Å². The number of benzene rings is 3. The summed E-state index contributed by atoms with van der Waals surface area (Å²) in [5.41, 5.74) is 3.54. The minimum atomic E-state index is -1.11. The van der Waals surface area contributed by atoms with Gasteiger partial charge in [0.15, 0.2) is 0 Å². The Morgan fingerprint density at radius 3 is 2.55 bits per heavy atom. The first kappa shape index (κ1) is 17.6. The van der Waals surface area contributed by atoms with Gasteiger partial charge in [-0.15, -0.1) is 0 Å². The largest absolute Gasteiger partial charge is 0.380 e. The summed E-state index contributed by atoms with van der Waals surface area (Å²) in [5.74, 6) is 0. The van der Waals surface area contributed by atoms with E-state index in [4.69, 9.17) is 0 Å². The molecule has 0 radical (unpaired) electrons. The van der Waals surface area contributed by atoms with E-state index in [-0.39, 0.29) is 0 Å². The molecule has 4 heteroatoms. The number of para-hydroxylation sites is 2. The molecule has 0 saturated carbocycles. The number of fused-ring (bicyclic) bond motifs is 2. The Morgan fingerprint density at radius 1 is 0.931 bits per heavy atom. The Morgan fingerprint density at radius 2 is 1.72 bits per heavy atom. The van der Waals surface area contributed by atoms with Crippen molar-refractivity contribution in [2.24, 2.45) is 0 Å². The first-order valence-corrected chi connectivity index (χ1v) is 9.81. The molecule has 0 unspecified atom stereocenters. The van der Waals surface area contributed by atoms with Crippen LogP contribution in [-0.4, -0.2) is 19.9 Å². The molecule has 0 saturated heterocycles. The molecule has 0 bridgehead atoms. The minimum Gasteiger partial charge on any atom is -0.380 e. The zero-order valence-electron chi connectivity index (χ0n) is 16.2. The fraction of sp³-hybridized carbons (Fsp3) is 0.120.